The van der Waals surface area contributed by atoms with Crippen LogP contribution >= 0.6 is 0 Å². The first-order valence-corrected chi connectivity index (χ1v) is 9.03. The summed E-state index contributed by atoms with van der Waals surface area (Å²) in [6.45, 7) is 5.67. The summed E-state index contributed by atoms with van der Waals surface area (Å²) in [5, 5.41) is 0. The van der Waals surface area contributed by atoms with Gasteiger partial charge in [-0.15, -0.1) is 0 Å². The van der Waals surface area contributed by atoms with E-state index in [9.17, 15) is 18.0 Å². The normalized spacial score (nSPS) is 23.2. The molecule has 1 amide bonds. The molecule has 0 spiro atoms. The van der Waals surface area contributed by atoms with Crippen LogP contribution in [0.4, 0.5) is 13.2 Å². The molecule has 2 aliphatic rings. The Morgan fingerprint density at radius 1 is 1.16 bits per heavy atom. The van der Waals surface area contributed by atoms with Gasteiger partial charge >= 0.3 is 6.18 Å². The second kappa shape index (κ2) is 7.36. The van der Waals surface area contributed by atoms with E-state index in [-0.39, 0.29) is 11.8 Å². The molecule has 2 heterocycles. The summed E-state index contributed by atoms with van der Waals surface area (Å²) < 4.78 is 38.0. The number of alkyl halides is 3. The highest BCUT2D eigenvalue weighted by atomic mass is 19.4. The van der Waals surface area contributed by atoms with E-state index in [2.05, 4.69) is 4.90 Å². The maximum absolute atomic E-state index is 12.7. The summed E-state index contributed by atoms with van der Waals surface area (Å²) >= 11 is 0. The highest BCUT2D eigenvalue weighted by molar-refractivity contribution is 5.77. The molecule has 0 aromatic heterocycles. The molecule has 2 fully saturated rings. The Morgan fingerprint density at radius 2 is 1.84 bits per heavy atom. The number of carbonyl (C=O) groups excluding carboxylic acids is 1. The standard InChI is InChI=1S/C19H25F3N2O/c1-14(15-5-7-16(8-6-15)19(20,21)22)12-18(25)24-11-3-10-23-9-2-4-17(23)13-24/h5-8,14,17H,2-4,9-13H2,1H3/t14-,17-/m1/s1. The second-order valence-electron chi connectivity index (χ2n) is 7.25. The topological polar surface area (TPSA) is 23.6 Å². The van der Waals surface area contributed by atoms with Crippen molar-refractivity contribution in [1.82, 2.24) is 9.80 Å². The first-order valence-electron chi connectivity index (χ1n) is 9.03. The number of benzene rings is 1. The average molecular weight is 354 g/mol. The van der Waals surface area contributed by atoms with E-state index < -0.39 is 11.7 Å². The monoisotopic (exact) mass is 354 g/mol. The summed E-state index contributed by atoms with van der Waals surface area (Å²) in [4.78, 5) is 17.1. The summed E-state index contributed by atoms with van der Waals surface area (Å²) in [5.41, 5.74) is 0.127. The Labute approximate surface area is 146 Å². The fourth-order valence-corrected chi connectivity index (χ4v) is 3.94. The number of carbonyl (C=O) groups is 1. The predicted octanol–water partition coefficient (Wildman–Crippen LogP) is 3.90. The molecular formula is C19H25F3N2O. The van der Waals surface area contributed by atoms with Crippen LogP contribution in [0.2, 0.25) is 0 Å². The predicted molar refractivity (Wildman–Crippen MR) is 90.3 cm³/mol. The molecule has 2 aliphatic heterocycles. The molecule has 0 unspecified atom stereocenters. The van der Waals surface area contributed by atoms with Crippen LogP contribution in [0.5, 0.6) is 0 Å². The van der Waals surface area contributed by atoms with Gasteiger partial charge < -0.3 is 4.90 Å². The molecule has 2 saturated heterocycles. The van der Waals surface area contributed by atoms with Crippen LogP contribution in [0.3, 0.4) is 0 Å². The van der Waals surface area contributed by atoms with Gasteiger partial charge in [-0.3, -0.25) is 9.69 Å². The lowest BCUT2D eigenvalue weighted by molar-refractivity contribution is -0.137. The SMILES string of the molecule is C[C@H](CC(=O)N1CCCN2CCC[C@@H]2C1)c1ccc(C(F)(F)F)cc1. The largest absolute Gasteiger partial charge is 0.416 e. The smallest absolute Gasteiger partial charge is 0.341 e. The molecule has 1 aromatic carbocycles. The van der Waals surface area contributed by atoms with Gasteiger partial charge in [0.2, 0.25) is 5.91 Å². The van der Waals surface area contributed by atoms with E-state index in [1.807, 2.05) is 11.8 Å². The number of hydrogen-bond acceptors (Lipinski definition) is 2. The van der Waals surface area contributed by atoms with Crippen molar-refractivity contribution in [3.63, 3.8) is 0 Å². The molecule has 0 N–H and O–H groups in total. The highest BCUT2D eigenvalue weighted by Crippen LogP contribution is 2.31. The number of amides is 1. The van der Waals surface area contributed by atoms with E-state index in [1.54, 1.807) is 0 Å². The van der Waals surface area contributed by atoms with Gasteiger partial charge in [-0.1, -0.05) is 19.1 Å². The first-order chi connectivity index (χ1) is 11.8. The van der Waals surface area contributed by atoms with Crippen molar-refractivity contribution in [3.8, 4) is 0 Å². The Morgan fingerprint density at radius 3 is 2.52 bits per heavy atom. The molecule has 25 heavy (non-hydrogen) atoms. The molecule has 3 rings (SSSR count). The zero-order valence-electron chi connectivity index (χ0n) is 14.6. The zero-order chi connectivity index (χ0) is 18.0. The van der Waals surface area contributed by atoms with Crippen LogP contribution in [-0.4, -0.2) is 47.9 Å². The summed E-state index contributed by atoms with van der Waals surface area (Å²) in [7, 11) is 0. The van der Waals surface area contributed by atoms with Crippen LogP contribution in [-0.2, 0) is 11.0 Å². The van der Waals surface area contributed by atoms with Crippen LogP contribution in [0.1, 0.15) is 49.7 Å². The maximum atomic E-state index is 12.7. The van der Waals surface area contributed by atoms with Crippen molar-refractivity contribution < 1.29 is 18.0 Å². The van der Waals surface area contributed by atoms with E-state index in [0.717, 1.165) is 56.7 Å². The molecule has 1 aromatic rings. The van der Waals surface area contributed by atoms with Crippen LogP contribution in [0.25, 0.3) is 0 Å². The first kappa shape index (κ1) is 18.2. The molecular weight excluding hydrogens is 329 g/mol. The lowest BCUT2D eigenvalue weighted by atomic mass is 9.96. The highest BCUT2D eigenvalue weighted by Gasteiger charge is 2.32. The van der Waals surface area contributed by atoms with Gasteiger partial charge in [0.05, 0.1) is 5.56 Å². The number of nitrogens with zero attached hydrogens (tertiary/aromatic N) is 2. The van der Waals surface area contributed by atoms with Crippen molar-refractivity contribution in [1.29, 1.82) is 0 Å². The van der Waals surface area contributed by atoms with Crippen LogP contribution in [0, 0.1) is 0 Å². The second-order valence-corrected chi connectivity index (χ2v) is 7.25. The van der Waals surface area contributed by atoms with Gasteiger partial charge in [0.1, 0.15) is 0 Å². The Kier molecular flexibility index (Phi) is 5.37. The molecule has 6 heteroatoms. The molecule has 3 nitrogen and oxygen atoms in total. The lowest BCUT2D eigenvalue weighted by Gasteiger charge is -2.26. The van der Waals surface area contributed by atoms with Crippen LogP contribution < -0.4 is 0 Å². The minimum absolute atomic E-state index is 0.0854. The van der Waals surface area contributed by atoms with Gasteiger partial charge in [0.25, 0.3) is 0 Å². The van der Waals surface area contributed by atoms with Crippen molar-refractivity contribution >= 4 is 5.91 Å². The number of fused-ring (bicyclic) bond motifs is 1. The summed E-state index contributed by atoms with van der Waals surface area (Å²) in [5.74, 6) is 0.0267. The lowest BCUT2D eigenvalue weighted by Crippen LogP contribution is -2.40. The number of hydrogen-bond donors (Lipinski definition) is 0. The van der Waals surface area contributed by atoms with Crippen molar-refractivity contribution in [2.24, 2.45) is 0 Å². The average Bonchev–Trinajstić information content (AvgIpc) is 2.90. The molecule has 2 atom stereocenters. The molecule has 138 valence electrons. The van der Waals surface area contributed by atoms with Gasteiger partial charge in [-0.25, -0.2) is 0 Å². The Hall–Kier alpha value is -1.56. The van der Waals surface area contributed by atoms with Gasteiger partial charge in [0, 0.05) is 32.1 Å². The number of halogens is 3. The molecule has 0 aliphatic carbocycles. The minimum Gasteiger partial charge on any atom is -0.341 e. The zero-order valence-corrected chi connectivity index (χ0v) is 14.6. The summed E-state index contributed by atoms with van der Waals surface area (Å²) in [6, 6.07) is 5.65. The van der Waals surface area contributed by atoms with Crippen molar-refractivity contribution in [2.45, 2.75) is 50.7 Å². The minimum atomic E-state index is -4.32. The third-order valence-electron chi connectivity index (χ3n) is 5.44. The Balaban J connectivity index is 1.60. The number of rotatable bonds is 3. The van der Waals surface area contributed by atoms with Gasteiger partial charge in [-0.2, -0.15) is 13.2 Å². The van der Waals surface area contributed by atoms with Gasteiger partial charge in [0.15, 0.2) is 0 Å². The fraction of sp³-hybridized carbons (Fsp3) is 0.632. The van der Waals surface area contributed by atoms with E-state index in [1.165, 1.54) is 18.6 Å². The van der Waals surface area contributed by atoms with Gasteiger partial charge in [-0.05, 0) is 49.4 Å². The quantitative estimate of drug-likeness (QED) is 0.822. The van der Waals surface area contributed by atoms with E-state index in [4.69, 9.17) is 0 Å². The maximum Gasteiger partial charge on any atom is 0.416 e. The van der Waals surface area contributed by atoms with Crippen molar-refractivity contribution in [3.05, 3.63) is 35.4 Å². The molecule has 0 saturated carbocycles. The van der Waals surface area contributed by atoms with Crippen molar-refractivity contribution in [2.75, 3.05) is 26.2 Å². The third-order valence-corrected chi connectivity index (χ3v) is 5.44. The molecule has 0 bridgehead atoms. The van der Waals surface area contributed by atoms with Crippen LogP contribution in [0.15, 0.2) is 24.3 Å². The van der Waals surface area contributed by atoms with E-state index in [0.29, 0.717) is 12.5 Å². The molecule has 0 radical (unpaired) electrons. The summed E-state index contributed by atoms with van der Waals surface area (Å²) in [6.07, 6.45) is -0.626. The fourth-order valence-electron chi connectivity index (χ4n) is 3.94. The van der Waals surface area contributed by atoms with E-state index >= 15 is 0 Å². The third kappa shape index (κ3) is 4.35. The Bertz CT molecular complexity index is 600.